The SMILES string of the molecule is COc1cccc(N(CCN)C2CC2)n1. The number of methoxy groups -OCH3 is 1. The van der Waals surface area contributed by atoms with Gasteiger partial charge < -0.3 is 15.4 Å². The maximum atomic E-state index is 5.60. The molecule has 2 rings (SSSR count). The van der Waals surface area contributed by atoms with E-state index in [1.165, 1.54) is 12.8 Å². The van der Waals surface area contributed by atoms with Crippen molar-refractivity contribution in [3.8, 4) is 5.88 Å². The summed E-state index contributed by atoms with van der Waals surface area (Å²) < 4.78 is 5.11. The molecule has 1 aromatic rings. The highest BCUT2D eigenvalue weighted by atomic mass is 16.5. The second-order valence-electron chi connectivity index (χ2n) is 3.75. The molecule has 0 saturated heterocycles. The topological polar surface area (TPSA) is 51.4 Å². The van der Waals surface area contributed by atoms with Crippen molar-refractivity contribution in [3.63, 3.8) is 0 Å². The first-order valence-electron chi connectivity index (χ1n) is 5.33. The molecule has 4 heteroatoms. The maximum Gasteiger partial charge on any atom is 0.214 e. The van der Waals surface area contributed by atoms with Crippen LogP contribution in [0.1, 0.15) is 12.8 Å². The third kappa shape index (κ3) is 2.39. The average Bonchev–Trinajstić information content (AvgIpc) is 3.10. The van der Waals surface area contributed by atoms with E-state index in [0.717, 1.165) is 12.4 Å². The highest BCUT2D eigenvalue weighted by molar-refractivity contribution is 5.43. The quantitative estimate of drug-likeness (QED) is 0.783. The zero-order valence-electron chi connectivity index (χ0n) is 9.02. The number of hydrogen-bond acceptors (Lipinski definition) is 4. The summed E-state index contributed by atoms with van der Waals surface area (Å²) in [6.45, 7) is 1.53. The monoisotopic (exact) mass is 207 g/mol. The van der Waals surface area contributed by atoms with Gasteiger partial charge in [0.2, 0.25) is 5.88 Å². The van der Waals surface area contributed by atoms with Gasteiger partial charge in [0.1, 0.15) is 5.82 Å². The summed E-state index contributed by atoms with van der Waals surface area (Å²) in [4.78, 5) is 6.69. The van der Waals surface area contributed by atoms with Gasteiger partial charge in [0, 0.05) is 25.2 Å². The Bertz CT molecular complexity index is 325. The molecule has 1 fully saturated rings. The van der Waals surface area contributed by atoms with Crippen LogP contribution in [0.3, 0.4) is 0 Å². The normalized spacial score (nSPS) is 15.1. The molecule has 4 nitrogen and oxygen atoms in total. The predicted octanol–water partition coefficient (Wildman–Crippen LogP) is 1.02. The molecule has 15 heavy (non-hydrogen) atoms. The summed E-state index contributed by atoms with van der Waals surface area (Å²) in [7, 11) is 1.64. The van der Waals surface area contributed by atoms with Crippen LogP contribution >= 0.6 is 0 Å². The molecule has 0 unspecified atom stereocenters. The maximum absolute atomic E-state index is 5.60. The number of rotatable bonds is 5. The smallest absolute Gasteiger partial charge is 0.214 e. The Hall–Kier alpha value is -1.29. The van der Waals surface area contributed by atoms with Crippen molar-refractivity contribution in [2.24, 2.45) is 5.73 Å². The molecular weight excluding hydrogens is 190 g/mol. The number of hydrogen-bond donors (Lipinski definition) is 1. The molecule has 0 aromatic carbocycles. The minimum absolute atomic E-state index is 0.633. The first-order valence-corrected chi connectivity index (χ1v) is 5.33. The van der Waals surface area contributed by atoms with Crippen LogP contribution in [0.4, 0.5) is 5.82 Å². The number of anilines is 1. The molecule has 0 amide bonds. The summed E-state index contributed by atoms with van der Waals surface area (Å²) in [6.07, 6.45) is 2.50. The van der Waals surface area contributed by atoms with E-state index in [1.807, 2.05) is 18.2 Å². The number of aromatic nitrogens is 1. The van der Waals surface area contributed by atoms with Gasteiger partial charge in [0.25, 0.3) is 0 Å². The van der Waals surface area contributed by atoms with Gasteiger partial charge in [-0.15, -0.1) is 0 Å². The molecule has 2 N–H and O–H groups in total. The summed E-state index contributed by atoms with van der Waals surface area (Å²) in [6, 6.07) is 6.47. The van der Waals surface area contributed by atoms with Crippen molar-refractivity contribution in [2.75, 3.05) is 25.1 Å². The summed E-state index contributed by atoms with van der Waals surface area (Å²) in [5, 5.41) is 0. The molecule has 0 spiro atoms. The first-order chi connectivity index (χ1) is 7.35. The lowest BCUT2D eigenvalue weighted by atomic mass is 10.4. The molecule has 0 atom stereocenters. The van der Waals surface area contributed by atoms with Gasteiger partial charge in [-0.3, -0.25) is 0 Å². The van der Waals surface area contributed by atoms with Gasteiger partial charge >= 0.3 is 0 Å². The minimum atomic E-state index is 0.633. The second-order valence-corrected chi connectivity index (χ2v) is 3.75. The molecule has 0 aliphatic heterocycles. The van der Waals surface area contributed by atoms with Crippen molar-refractivity contribution >= 4 is 5.82 Å². The predicted molar refractivity (Wildman–Crippen MR) is 60.2 cm³/mol. The Balaban J connectivity index is 2.16. The molecule has 1 aliphatic carbocycles. The molecule has 1 saturated carbocycles. The van der Waals surface area contributed by atoms with Crippen LogP contribution < -0.4 is 15.4 Å². The van der Waals surface area contributed by atoms with Crippen LogP contribution in [0.5, 0.6) is 5.88 Å². The fourth-order valence-corrected chi connectivity index (χ4v) is 1.69. The summed E-state index contributed by atoms with van der Waals surface area (Å²) >= 11 is 0. The standard InChI is InChI=1S/C11H17N3O/c1-15-11-4-2-3-10(13-11)14(8-7-12)9-5-6-9/h2-4,9H,5-8,12H2,1H3. The summed E-state index contributed by atoms with van der Waals surface area (Å²) in [5.74, 6) is 1.64. The zero-order chi connectivity index (χ0) is 10.7. The van der Waals surface area contributed by atoms with E-state index < -0.39 is 0 Å². The zero-order valence-corrected chi connectivity index (χ0v) is 9.02. The third-order valence-electron chi connectivity index (χ3n) is 2.57. The van der Waals surface area contributed by atoms with Gasteiger partial charge in [-0.25, -0.2) is 0 Å². The minimum Gasteiger partial charge on any atom is -0.481 e. The van der Waals surface area contributed by atoms with Crippen LogP contribution in [0.25, 0.3) is 0 Å². The average molecular weight is 207 g/mol. The van der Waals surface area contributed by atoms with E-state index in [2.05, 4.69) is 9.88 Å². The lowest BCUT2D eigenvalue weighted by Gasteiger charge is -2.22. The van der Waals surface area contributed by atoms with Crippen molar-refractivity contribution in [2.45, 2.75) is 18.9 Å². The van der Waals surface area contributed by atoms with Crippen molar-refractivity contribution in [1.29, 1.82) is 0 Å². The van der Waals surface area contributed by atoms with E-state index in [0.29, 0.717) is 18.5 Å². The van der Waals surface area contributed by atoms with Crippen molar-refractivity contribution < 1.29 is 4.74 Å². The third-order valence-corrected chi connectivity index (χ3v) is 2.57. The lowest BCUT2D eigenvalue weighted by Crippen LogP contribution is -2.32. The largest absolute Gasteiger partial charge is 0.481 e. The van der Waals surface area contributed by atoms with E-state index in [1.54, 1.807) is 7.11 Å². The Morgan fingerprint density at radius 1 is 1.53 bits per heavy atom. The number of pyridine rings is 1. The molecule has 1 aliphatic rings. The van der Waals surface area contributed by atoms with Gasteiger partial charge in [-0.1, -0.05) is 6.07 Å². The molecule has 82 valence electrons. The van der Waals surface area contributed by atoms with E-state index >= 15 is 0 Å². The van der Waals surface area contributed by atoms with Gasteiger partial charge in [0.05, 0.1) is 7.11 Å². The Labute approximate surface area is 90.0 Å². The lowest BCUT2D eigenvalue weighted by molar-refractivity contribution is 0.398. The van der Waals surface area contributed by atoms with Crippen LogP contribution in [0.15, 0.2) is 18.2 Å². The molecule has 1 aromatic heterocycles. The van der Waals surface area contributed by atoms with E-state index in [9.17, 15) is 0 Å². The molecule has 0 bridgehead atoms. The molecule has 0 radical (unpaired) electrons. The summed E-state index contributed by atoms with van der Waals surface area (Å²) in [5.41, 5.74) is 5.60. The Morgan fingerprint density at radius 2 is 2.33 bits per heavy atom. The highest BCUT2D eigenvalue weighted by Crippen LogP contribution is 2.30. The Kier molecular flexibility index (Phi) is 3.06. The van der Waals surface area contributed by atoms with Crippen LogP contribution in [-0.2, 0) is 0 Å². The Morgan fingerprint density at radius 3 is 2.93 bits per heavy atom. The van der Waals surface area contributed by atoms with Gasteiger partial charge in [-0.05, 0) is 18.9 Å². The van der Waals surface area contributed by atoms with Gasteiger partial charge in [0.15, 0.2) is 0 Å². The van der Waals surface area contributed by atoms with Crippen LogP contribution in [0.2, 0.25) is 0 Å². The van der Waals surface area contributed by atoms with E-state index in [-0.39, 0.29) is 0 Å². The van der Waals surface area contributed by atoms with E-state index in [4.69, 9.17) is 10.5 Å². The number of ether oxygens (including phenoxy) is 1. The van der Waals surface area contributed by atoms with Crippen LogP contribution in [0, 0.1) is 0 Å². The van der Waals surface area contributed by atoms with Crippen molar-refractivity contribution in [3.05, 3.63) is 18.2 Å². The number of nitrogens with zero attached hydrogens (tertiary/aromatic N) is 2. The highest BCUT2D eigenvalue weighted by Gasteiger charge is 2.29. The van der Waals surface area contributed by atoms with Gasteiger partial charge in [-0.2, -0.15) is 4.98 Å². The molecule has 1 heterocycles. The fourth-order valence-electron chi connectivity index (χ4n) is 1.69. The fraction of sp³-hybridized carbons (Fsp3) is 0.545. The number of nitrogens with two attached hydrogens (primary N) is 1. The second kappa shape index (κ2) is 4.49. The van der Waals surface area contributed by atoms with Crippen molar-refractivity contribution in [1.82, 2.24) is 4.98 Å². The first kappa shape index (κ1) is 10.2. The van der Waals surface area contributed by atoms with Crippen LogP contribution in [-0.4, -0.2) is 31.2 Å². The molecular formula is C11H17N3O.